The summed E-state index contributed by atoms with van der Waals surface area (Å²) in [6.07, 6.45) is 1.63. The predicted molar refractivity (Wildman–Crippen MR) is 141 cm³/mol. The van der Waals surface area contributed by atoms with Crippen molar-refractivity contribution >= 4 is 25.8 Å². The molecule has 0 bridgehead atoms. The fraction of sp³-hybridized carbons (Fsp3) is 0.560. The van der Waals surface area contributed by atoms with Crippen molar-refractivity contribution < 1.29 is 18.6 Å². The number of ether oxygens (including phenoxy) is 3. The van der Waals surface area contributed by atoms with E-state index in [1.54, 1.807) is 12.1 Å². The van der Waals surface area contributed by atoms with Crippen LogP contribution in [0.1, 0.15) is 53.2 Å². The van der Waals surface area contributed by atoms with Gasteiger partial charge in [-0.2, -0.15) is 0 Å². The number of H-pyrrole nitrogens is 1. The second kappa shape index (κ2) is 11.2. The quantitative estimate of drug-likeness (QED) is 0.396. The highest BCUT2D eigenvalue weighted by molar-refractivity contribution is 7.79. The lowest BCUT2D eigenvalue weighted by molar-refractivity contribution is -0.0416. The average Bonchev–Trinajstić information content (AvgIpc) is 3.08. The molecule has 1 N–H and O–H groups in total. The van der Waals surface area contributed by atoms with Gasteiger partial charge in [0.15, 0.2) is 20.6 Å². The summed E-state index contributed by atoms with van der Waals surface area (Å²) in [5.74, 6) is 0.540. The zero-order valence-electron chi connectivity index (χ0n) is 21.3. The van der Waals surface area contributed by atoms with E-state index < -0.39 is 38.0 Å². The molecule has 0 aliphatic carbocycles. The van der Waals surface area contributed by atoms with Gasteiger partial charge in [0.25, 0.3) is 5.56 Å². The zero-order valence-corrected chi connectivity index (χ0v) is 23.1. The van der Waals surface area contributed by atoms with Crippen molar-refractivity contribution in [3.63, 3.8) is 0 Å². The number of nitrogens with one attached hydrogen (secondary N) is 1. The monoisotopic (exact) mass is 520 g/mol. The first-order valence-electron chi connectivity index (χ1n) is 12.0. The van der Waals surface area contributed by atoms with Crippen molar-refractivity contribution in [1.82, 2.24) is 9.55 Å². The molecule has 2 heterocycles. The molecule has 35 heavy (non-hydrogen) atoms. The average molecular weight is 521 g/mol. The van der Waals surface area contributed by atoms with Gasteiger partial charge in [0, 0.05) is 24.5 Å². The molecule has 8 nitrogen and oxygen atoms in total. The Hall–Kier alpha value is -2.27. The Morgan fingerprint density at radius 2 is 1.83 bits per heavy atom. The summed E-state index contributed by atoms with van der Waals surface area (Å²) >= 11 is 5.43. The minimum absolute atomic E-state index is 0.0548. The Morgan fingerprint density at radius 3 is 2.43 bits per heavy atom. The number of hydrogen-bond acceptors (Lipinski definition) is 7. The molecule has 1 fully saturated rings. The molecular weight excluding hydrogens is 484 g/mol. The van der Waals surface area contributed by atoms with Gasteiger partial charge in [-0.3, -0.25) is 14.3 Å². The van der Waals surface area contributed by atoms with Crippen LogP contribution < -0.4 is 16.0 Å². The van der Waals surface area contributed by atoms with E-state index in [9.17, 15) is 9.59 Å². The third-order valence-corrected chi connectivity index (χ3v) is 11.3. The van der Waals surface area contributed by atoms with Crippen LogP contribution in [0.5, 0.6) is 5.75 Å². The van der Waals surface area contributed by atoms with E-state index in [0.717, 1.165) is 19.3 Å². The topological polar surface area (TPSA) is 91.8 Å². The summed E-state index contributed by atoms with van der Waals surface area (Å²) in [6.45, 7) is 12.9. The molecule has 0 spiro atoms. The van der Waals surface area contributed by atoms with Gasteiger partial charge in [-0.05, 0) is 36.7 Å². The summed E-state index contributed by atoms with van der Waals surface area (Å²) in [4.78, 5) is 26.7. The SMILES string of the molecule is CCCC[C@H]1O[C@@H](n2ccc(=O)[nH]c2=O)[C@H](OC(=S)Oc2ccccc2)[C@@H]1O[Si](C)(C)C(C)(C)C. The standard InChI is InChI=1S/C25H36N2O6SSi/c1-7-8-14-18-20(33-35(5,6)25(2,3)4)21(32-24(34)30-17-12-10-9-11-13-17)22(31-18)27-16-15-19(28)26-23(27)29/h9-13,15-16,18,20-22H,7-8,14H2,1-6H3,(H,26,28,29)/t18-,20-,21-,22-/m1/s1. The second-order valence-corrected chi connectivity index (χ2v) is 15.4. The Labute approximate surface area is 212 Å². The molecular formula is C25H36N2O6SSi. The van der Waals surface area contributed by atoms with Gasteiger partial charge in [0.1, 0.15) is 11.9 Å². The summed E-state index contributed by atoms with van der Waals surface area (Å²) in [7, 11) is -2.26. The highest BCUT2D eigenvalue weighted by atomic mass is 32.1. The van der Waals surface area contributed by atoms with Crippen molar-refractivity contribution in [2.45, 2.75) is 89.6 Å². The number of unbranched alkanes of at least 4 members (excludes halogenated alkanes) is 1. The molecule has 0 unspecified atom stereocenters. The summed E-state index contributed by atoms with van der Waals surface area (Å²) in [5.41, 5.74) is -1.07. The molecule has 4 atom stereocenters. The molecule has 192 valence electrons. The Balaban J connectivity index is 1.99. The summed E-state index contributed by atoms with van der Waals surface area (Å²) in [6, 6.07) is 10.4. The van der Waals surface area contributed by atoms with Gasteiger partial charge in [0.05, 0.1) is 6.10 Å². The highest BCUT2D eigenvalue weighted by Crippen LogP contribution is 2.43. The summed E-state index contributed by atoms with van der Waals surface area (Å²) < 4.78 is 26.5. The van der Waals surface area contributed by atoms with Crippen LogP contribution in [-0.2, 0) is 13.9 Å². The maximum Gasteiger partial charge on any atom is 0.358 e. The minimum atomic E-state index is -2.26. The fourth-order valence-corrected chi connectivity index (χ4v) is 5.23. The number of para-hydroxylation sites is 1. The van der Waals surface area contributed by atoms with Crippen LogP contribution in [0.15, 0.2) is 52.2 Å². The maximum absolute atomic E-state index is 12.7. The van der Waals surface area contributed by atoms with Crippen LogP contribution in [0.3, 0.4) is 0 Å². The molecule has 10 heteroatoms. The van der Waals surface area contributed by atoms with Crippen molar-refractivity contribution in [3.05, 3.63) is 63.4 Å². The second-order valence-electron chi connectivity index (χ2n) is 10.3. The Kier molecular flexibility index (Phi) is 8.74. The third-order valence-electron chi connectivity index (χ3n) is 6.67. The first kappa shape index (κ1) is 27.3. The van der Waals surface area contributed by atoms with Crippen molar-refractivity contribution in [3.8, 4) is 5.75 Å². The highest BCUT2D eigenvalue weighted by Gasteiger charge is 2.52. The van der Waals surface area contributed by atoms with E-state index in [1.165, 1.54) is 16.8 Å². The molecule has 0 amide bonds. The van der Waals surface area contributed by atoms with Crippen molar-refractivity contribution in [2.24, 2.45) is 0 Å². The number of nitrogens with zero attached hydrogens (tertiary/aromatic N) is 1. The zero-order chi connectivity index (χ0) is 25.8. The number of aromatic amines is 1. The van der Waals surface area contributed by atoms with Crippen LogP contribution in [0.25, 0.3) is 0 Å². The van der Waals surface area contributed by atoms with Gasteiger partial charge in [-0.1, -0.05) is 58.7 Å². The number of thiocarbonyl (C=S) groups is 1. The number of hydrogen-bond donors (Lipinski definition) is 1. The lowest BCUT2D eigenvalue weighted by Crippen LogP contribution is -2.50. The molecule has 2 aromatic rings. The van der Waals surface area contributed by atoms with Crippen LogP contribution in [-0.4, -0.2) is 41.4 Å². The fourth-order valence-electron chi connectivity index (χ4n) is 3.70. The molecule has 1 aliphatic heterocycles. The van der Waals surface area contributed by atoms with Gasteiger partial charge in [-0.25, -0.2) is 4.79 Å². The normalized spacial score (nSPS) is 22.7. The lowest BCUT2D eigenvalue weighted by Gasteiger charge is -2.40. The van der Waals surface area contributed by atoms with Crippen molar-refractivity contribution in [2.75, 3.05) is 0 Å². The number of benzene rings is 1. The van der Waals surface area contributed by atoms with Crippen LogP contribution in [0, 0.1) is 0 Å². The van der Waals surface area contributed by atoms with Crippen molar-refractivity contribution in [1.29, 1.82) is 0 Å². The minimum Gasteiger partial charge on any atom is -0.446 e. The third kappa shape index (κ3) is 6.69. The van der Waals surface area contributed by atoms with Gasteiger partial charge < -0.3 is 18.6 Å². The van der Waals surface area contributed by atoms with E-state index in [1.807, 2.05) is 18.2 Å². The van der Waals surface area contributed by atoms with Gasteiger partial charge in [0.2, 0.25) is 0 Å². The molecule has 0 radical (unpaired) electrons. The lowest BCUT2D eigenvalue weighted by atomic mass is 10.1. The van der Waals surface area contributed by atoms with Gasteiger partial charge >= 0.3 is 10.9 Å². The molecule has 1 saturated heterocycles. The molecule has 1 aliphatic rings. The maximum atomic E-state index is 12.7. The van der Waals surface area contributed by atoms with Crippen LogP contribution >= 0.6 is 12.2 Å². The Morgan fingerprint density at radius 1 is 1.14 bits per heavy atom. The smallest absolute Gasteiger partial charge is 0.358 e. The van der Waals surface area contributed by atoms with E-state index >= 15 is 0 Å². The van der Waals surface area contributed by atoms with E-state index in [2.05, 4.69) is 45.8 Å². The predicted octanol–water partition coefficient (Wildman–Crippen LogP) is 4.76. The van der Waals surface area contributed by atoms with E-state index in [-0.39, 0.29) is 16.4 Å². The first-order chi connectivity index (χ1) is 16.4. The van der Waals surface area contributed by atoms with E-state index in [4.69, 9.17) is 30.9 Å². The van der Waals surface area contributed by atoms with E-state index in [0.29, 0.717) is 5.75 Å². The summed E-state index contributed by atoms with van der Waals surface area (Å²) in [5, 5.41) is -0.145. The largest absolute Gasteiger partial charge is 0.446 e. The molecule has 1 aromatic heterocycles. The number of rotatable bonds is 8. The van der Waals surface area contributed by atoms with Gasteiger partial charge in [-0.15, -0.1) is 0 Å². The molecule has 0 saturated carbocycles. The van der Waals surface area contributed by atoms with Crippen LogP contribution in [0.2, 0.25) is 18.1 Å². The molecule has 1 aromatic carbocycles. The van der Waals surface area contributed by atoms with Crippen LogP contribution in [0.4, 0.5) is 0 Å². The Bertz CT molecular complexity index is 1110. The number of aromatic nitrogens is 2. The molecule has 3 rings (SSSR count). The first-order valence-corrected chi connectivity index (χ1v) is 15.3.